The van der Waals surface area contributed by atoms with E-state index >= 15 is 0 Å². The molecular formula is C33H40O3Si. The van der Waals surface area contributed by atoms with Crippen LogP contribution >= 0.6 is 0 Å². The van der Waals surface area contributed by atoms with Crippen molar-refractivity contribution < 1.29 is 14.2 Å². The summed E-state index contributed by atoms with van der Waals surface area (Å²) in [6.45, 7) is 15.9. The van der Waals surface area contributed by atoms with Crippen molar-refractivity contribution in [3.63, 3.8) is 0 Å². The van der Waals surface area contributed by atoms with E-state index in [1.807, 2.05) is 0 Å². The molecule has 0 spiro atoms. The zero-order chi connectivity index (χ0) is 27.1. The lowest BCUT2D eigenvalue weighted by Gasteiger charge is -2.44. The van der Waals surface area contributed by atoms with Crippen molar-refractivity contribution in [3.05, 3.63) is 93.6 Å². The maximum Gasteiger partial charge on any atom is 0.160 e. The van der Waals surface area contributed by atoms with Gasteiger partial charge in [-0.3, -0.25) is 0 Å². The molecule has 0 N–H and O–H groups in total. The molecule has 37 heavy (non-hydrogen) atoms. The largest absolute Gasteiger partial charge is 0.496 e. The van der Waals surface area contributed by atoms with Crippen molar-refractivity contribution in [2.75, 3.05) is 21.3 Å². The molecule has 3 aromatic rings. The smallest absolute Gasteiger partial charge is 0.160 e. The molecule has 4 heteroatoms. The topological polar surface area (TPSA) is 27.7 Å². The van der Waals surface area contributed by atoms with Crippen LogP contribution in [-0.2, 0) is 0 Å². The van der Waals surface area contributed by atoms with Crippen LogP contribution in [0, 0.1) is 20.8 Å². The number of methoxy groups -OCH3 is 3. The van der Waals surface area contributed by atoms with Gasteiger partial charge in [-0.2, -0.15) is 0 Å². The molecule has 1 aliphatic rings. The first-order chi connectivity index (χ1) is 17.7. The van der Waals surface area contributed by atoms with Crippen molar-refractivity contribution >= 4 is 23.6 Å². The molecule has 1 aliphatic carbocycles. The molecule has 0 heterocycles. The van der Waals surface area contributed by atoms with Gasteiger partial charge in [-0.15, -0.1) is 0 Å². The molecule has 0 saturated heterocycles. The Hall–Kier alpha value is -3.24. The molecule has 0 unspecified atom stereocenters. The summed E-state index contributed by atoms with van der Waals surface area (Å²) < 4.78 is 17.7. The van der Waals surface area contributed by atoms with Crippen LogP contribution < -0.4 is 29.8 Å². The summed E-state index contributed by atoms with van der Waals surface area (Å²) in [5, 5.41) is 4.10. The fourth-order valence-corrected chi connectivity index (χ4v) is 13.4. The minimum absolute atomic E-state index is 0.245. The van der Waals surface area contributed by atoms with E-state index < -0.39 is 8.07 Å². The van der Waals surface area contributed by atoms with Gasteiger partial charge in [-0.1, -0.05) is 47.5 Å². The predicted molar refractivity (Wildman–Crippen MR) is 158 cm³/mol. The molecule has 3 nitrogen and oxygen atoms in total. The van der Waals surface area contributed by atoms with E-state index in [0.29, 0.717) is 0 Å². The van der Waals surface area contributed by atoms with Crippen LogP contribution in [0.25, 0.3) is 0 Å². The van der Waals surface area contributed by atoms with Gasteiger partial charge >= 0.3 is 0 Å². The van der Waals surface area contributed by atoms with E-state index in [1.54, 1.807) is 21.3 Å². The van der Waals surface area contributed by atoms with Crippen LogP contribution in [0.2, 0.25) is 5.54 Å². The molecule has 3 aromatic carbocycles. The van der Waals surface area contributed by atoms with Gasteiger partial charge in [0.15, 0.2) is 8.07 Å². The Morgan fingerprint density at radius 3 is 1.05 bits per heavy atom. The third-order valence-corrected chi connectivity index (χ3v) is 14.7. The van der Waals surface area contributed by atoms with Crippen LogP contribution in [0.1, 0.15) is 44.4 Å². The molecule has 0 radical (unpaired) electrons. The zero-order valence-corrected chi connectivity index (χ0v) is 25.0. The van der Waals surface area contributed by atoms with E-state index in [4.69, 9.17) is 14.2 Å². The lowest BCUT2D eigenvalue weighted by Crippen LogP contribution is -2.72. The van der Waals surface area contributed by atoms with Gasteiger partial charge in [-0.05, 0) is 110 Å². The lowest BCUT2D eigenvalue weighted by molar-refractivity contribution is 0.412. The van der Waals surface area contributed by atoms with E-state index in [2.05, 4.69) is 103 Å². The highest BCUT2D eigenvalue weighted by Gasteiger charge is 2.52. The van der Waals surface area contributed by atoms with E-state index in [1.165, 1.54) is 54.5 Å². The van der Waals surface area contributed by atoms with Crippen LogP contribution in [0.15, 0.2) is 76.9 Å². The van der Waals surface area contributed by atoms with Gasteiger partial charge in [0, 0.05) is 5.54 Å². The number of hydrogen-bond acceptors (Lipinski definition) is 3. The van der Waals surface area contributed by atoms with Crippen molar-refractivity contribution in [1.29, 1.82) is 0 Å². The fraction of sp³-hybridized carbons (Fsp3) is 0.333. The second-order valence-electron chi connectivity index (χ2n) is 10.3. The molecule has 0 atom stereocenters. The number of ether oxygens (including phenoxy) is 3. The normalized spacial score (nSPS) is 14.4. The minimum atomic E-state index is -2.83. The van der Waals surface area contributed by atoms with Crippen LogP contribution in [0.4, 0.5) is 0 Å². The summed E-state index contributed by atoms with van der Waals surface area (Å²) in [7, 11) is 2.47. The molecular weight excluding hydrogens is 472 g/mol. The Morgan fingerprint density at radius 1 is 0.486 bits per heavy atom. The van der Waals surface area contributed by atoms with Crippen molar-refractivity contribution in [3.8, 4) is 17.2 Å². The van der Waals surface area contributed by atoms with E-state index in [9.17, 15) is 0 Å². The van der Waals surface area contributed by atoms with Gasteiger partial charge in [0.05, 0.1) is 21.3 Å². The maximum absolute atomic E-state index is 5.91. The Bertz CT molecular complexity index is 1260. The molecule has 4 rings (SSSR count). The monoisotopic (exact) mass is 512 g/mol. The third-order valence-electron chi connectivity index (χ3n) is 8.83. The number of benzene rings is 3. The van der Waals surface area contributed by atoms with E-state index in [0.717, 1.165) is 17.2 Å². The summed E-state index contributed by atoms with van der Waals surface area (Å²) in [5.41, 5.74) is 9.55. The highest BCUT2D eigenvalue weighted by atomic mass is 28.3. The van der Waals surface area contributed by atoms with Crippen molar-refractivity contribution in [2.24, 2.45) is 0 Å². The summed E-state index contributed by atoms with van der Waals surface area (Å²) >= 11 is 0. The van der Waals surface area contributed by atoms with E-state index in [-0.39, 0.29) is 5.54 Å². The van der Waals surface area contributed by atoms with Crippen molar-refractivity contribution in [2.45, 2.75) is 54.0 Å². The number of hydrogen-bond donors (Lipinski definition) is 0. The average molecular weight is 513 g/mol. The quantitative estimate of drug-likeness (QED) is 0.280. The zero-order valence-electron chi connectivity index (χ0n) is 24.0. The summed E-state index contributed by atoms with van der Waals surface area (Å²) in [6.07, 6.45) is 0. The first-order valence-electron chi connectivity index (χ1n) is 12.9. The Kier molecular flexibility index (Phi) is 7.43. The Morgan fingerprint density at radius 2 is 0.784 bits per heavy atom. The second-order valence-corrected chi connectivity index (χ2v) is 14.1. The molecule has 0 fully saturated rings. The van der Waals surface area contributed by atoms with Gasteiger partial charge in [-0.25, -0.2) is 0 Å². The highest BCUT2D eigenvalue weighted by Crippen LogP contribution is 2.47. The maximum atomic E-state index is 5.91. The SMILES string of the molecule is COc1cccc([Si](c2cccc(OC)c2C)(c2cccc(OC)c2C)C2C(C)=C(C)C(C)=C2C)c1C. The summed E-state index contributed by atoms with van der Waals surface area (Å²) in [6, 6.07) is 19.7. The second kappa shape index (κ2) is 10.3. The Labute approximate surface area is 223 Å². The van der Waals surface area contributed by atoms with Crippen LogP contribution in [0.3, 0.4) is 0 Å². The van der Waals surface area contributed by atoms with Crippen LogP contribution in [0.5, 0.6) is 17.2 Å². The fourth-order valence-electron chi connectivity index (χ4n) is 6.69. The van der Waals surface area contributed by atoms with Gasteiger partial charge in [0.2, 0.25) is 0 Å². The highest BCUT2D eigenvalue weighted by molar-refractivity contribution is 7.13. The minimum Gasteiger partial charge on any atom is -0.496 e. The average Bonchev–Trinajstić information content (AvgIpc) is 3.09. The van der Waals surface area contributed by atoms with Crippen LogP contribution in [-0.4, -0.2) is 29.4 Å². The molecule has 194 valence electrons. The van der Waals surface area contributed by atoms with Gasteiger partial charge < -0.3 is 14.2 Å². The number of rotatable bonds is 7. The first-order valence-corrected chi connectivity index (χ1v) is 15.0. The molecule has 0 aliphatic heterocycles. The molecule has 0 amide bonds. The molecule has 0 bridgehead atoms. The van der Waals surface area contributed by atoms with Gasteiger partial charge in [0.1, 0.15) is 17.2 Å². The summed E-state index contributed by atoms with van der Waals surface area (Å²) in [4.78, 5) is 0. The van der Waals surface area contributed by atoms with Crippen molar-refractivity contribution in [1.82, 2.24) is 0 Å². The third kappa shape index (κ3) is 3.93. The predicted octanol–water partition coefficient (Wildman–Crippen LogP) is 6.16. The summed E-state index contributed by atoms with van der Waals surface area (Å²) in [5.74, 6) is 2.76. The molecule has 0 aromatic heterocycles. The number of allylic oxidation sites excluding steroid dienone is 4. The Balaban J connectivity index is 2.34. The van der Waals surface area contributed by atoms with Gasteiger partial charge in [0.25, 0.3) is 0 Å². The first kappa shape index (κ1) is 26.8. The lowest BCUT2D eigenvalue weighted by atomic mass is 10.1. The molecule has 0 saturated carbocycles. The standard InChI is InChI=1S/C33H40O3Si/c1-20-21(2)23(4)33(22(20)3)37(30-17-11-14-27(34-8)24(30)5,31-18-12-15-28(35-9)25(31)6)32-19-13-16-29(36-10)26(32)7/h11-19,33H,1-10H3.